The Morgan fingerprint density at radius 1 is 1.13 bits per heavy atom. The zero-order valence-corrected chi connectivity index (χ0v) is 16.1. The molecule has 31 heavy (non-hydrogen) atoms. The summed E-state index contributed by atoms with van der Waals surface area (Å²) < 4.78 is 41.2. The summed E-state index contributed by atoms with van der Waals surface area (Å²) in [5.41, 5.74) is 0.269. The number of halogens is 3. The SMILES string of the molecule is O=C(C/C(=C\c1ccc(O)c(O)c1)C(=O)O)Nc1nc2ccc(OC(F)(F)F)cc2s1. The number of nitrogens with one attached hydrogen (secondary N) is 1. The summed E-state index contributed by atoms with van der Waals surface area (Å²) in [5, 5.41) is 30.6. The van der Waals surface area contributed by atoms with E-state index in [9.17, 15) is 38.1 Å². The Balaban J connectivity index is 1.74. The minimum absolute atomic E-state index is 0.0659. The molecule has 8 nitrogen and oxygen atoms in total. The van der Waals surface area contributed by atoms with Crippen LogP contribution in [0.3, 0.4) is 0 Å². The number of carboxylic acids is 1. The Morgan fingerprint density at radius 3 is 2.52 bits per heavy atom. The van der Waals surface area contributed by atoms with E-state index in [2.05, 4.69) is 15.0 Å². The first-order valence-electron chi connectivity index (χ1n) is 8.42. The molecule has 1 heterocycles. The van der Waals surface area contributed by atoms with Crippen LogP contribution in [0.5, 0.6) is 17.2 Å². The molecule has 1 amide bonds. The van der Waals surface area contributed by atoms with Crippen molar-refractivity contribution in [2.45, 2.75) is 12.8 Å². The average Bonchev–Trinajstić information content (AvgIpc) is 3.04. The number of fused-ring (bicyclic) bond motifs is 1. The van der Waals surface area contributed by atoms with Crippen LogP contribution in [0, 0.1) is 0 Å². The number of aliphatic carboxylic acids is 1. The number of aromatic hydroxyl groups is 2. The lowest BCUT2D eigenvalue weighted by molar-refractivity contribution is -0.274. The zero-order chi connectivity index (χ0) is 22.8. The number of nitrogens with zero attached hydrogens (tertiary/aromatic N) is 1. The van der Waals surface area contributed by atoms with Crippen molar-refractivity contribution in [3.8, 4) is 17.2 Å². The highest BCUT2D eigenvalue weighted by atomic mass is 32.1. The first-order chi connectivity index (χ1) is 14.5. The molecule has 0 aliphatic carbocycles. The number of hydrogen-bond donors (Lipinski definition) is 4. The van der Waals surface area contributed by atoms with Gasteiger partial charge < -0.3 is 25.4 Å². The lowest BCUT2D eigenvalue weighted by atomic mass is 10.1. The summed E-state index contributed by atoms with van der Waals surface area (Å²) in [6.07, 6.45) is -4.24. The summed E-state index contributed by atoms with van der Waals surface area (Å²) in [5.74, 6) is -3.36. The number of thiazole rings is 1. The molecule has 0 unspecified atom stereocenters. The van der Waals surface area contributed by atoms with Gasteiger partial charge in [0.2, 0.25) is 5.91 Å². The molecular weight excluding hydrogens is 441 g/mol. The van der Waals surface area contributed by atoms with Crippen LogP contribution in [0.4, 0.5) is 18.3 Å². The van der Waals surface area contributed by atoms with Crippen molar-refractivity contribution < 1.29 is 42.8 Å². The van der Waals surface area contributed by atoms with Crippen molar-refractivity contribution in [3.63, 3.8) is 0 Å². The summed E-state index contributed by atoms with van der Waals surface area (Å²) >= 11 is 0.891. The molecule has 0 aliphatic rings. The molecule has 12 heteroatoms. The molecule has 0 fully saturated rings. The van der Waals surface area contributed by atoms with Crippen molar-refractivity contribution in [2.75, 3.05) is 5.32 Å². The van der Waals surface area contributed by atoms with Gasteiger partial charge in [-0.05, 0) is 35.9 Å². The minimum Gasteiger partial charge on any atom is -0.504 e. The predicted octanol–water partition coefficient (Wildman–Crippen LogP) is 4.10. The van der Waals surface area contributed by atoms with E-state index >= 15 is 0 Å². The molecule has 0 spiro atoms. The second-order valence-electron chi connectivity index (χ2n) is 6.14. The highest BCUT2D eigenvalue weighted by Crippen LogP contribution is 2.32. The van der Waals surface area contributed by atoms with Crippen molar-refractivity contribution in [3.05, 3.63) is 47.5 Å². The Hall–Kier alpha value is -3.80. The number of alkyl halides is 3. The number of carbonyl (C=O) groups excluding carboxylic acids is 1. The van der Waals surface area contributed by atoms with E-state index in [-0.39, 0.29) is 22.0 Å². The van der Waals surface area contributed by atoms with Crippen LogP contribution in [-0.2, 0) is 9.59 Å². The van der Waals surface area contributed by atoms with Crippen LogP contribution in [0.25, 0.3) is 16.3 Å². The second kappa shape index (κ2) is 8.52. The Bertz CT molecular complexity index is 1190. The maximum absolute atomic E-state index is 12.3. The van der Waals surface area contributed by atoms with Crippen LogP contribution in [0.15, 0.2) is 42.0 Å². The van der Waals surface area contributed by atoms with Crippen LogP contribution in [-0.4, -0.2) is 38.5 Å². The molecule has 0 saturated carbocycles. The Morgan fingerprint density at radius 2 is 1.87 bits per heavy atom. The van der Waals surface area contributed by atoms with Gasteiger partial charge in [-0.3, -0.25) is 4.79 Å². The summed E-state index contributed by atoms with van der Waals surface area (Å²) in [6.45, 7) is 0. The first-order valence-corrected chi connectivity index (χ1v) is 9.24. The predicted molar refractivity (Wildman–Crippen MR) is 105 cm³/mol. The fourth-order valence-corrected chi connectivity index (χ4v) is 3.42. The Kier molecular flexibility index (Phi) is 6.02. The van der Waals surface area contributed by atoms with Crippen molar-refractivity contribution in [1.82, 2.24) is 4.98 Å². The molecule has 3 aromatic rings. The number of ether oxygens (including phenoxy) is 1. The third kappa shape index (κ3) is 5.85. The van der Waals surface area contributed by atoms with Crippen molar-refractivity contribution >= 4 is 44.6 Å². The van der Waals surface area contributed by atoms with Crippen LogP contribution in [0.2, 0.25) is 0 Å². The number of anilines is 1. The van der Waals surface area contributed by atoms with E-state index in [1.165, 1.54) is 18.2 Å². The molecule has 0 atom stereocenters. The van der Waals surface area contributed by atoms with Crippen molar-refractivity contribution in [1.29, 1.82) is 0 Å². The number of carbonyl (C=O) groups is 2. The number of amides is 1. The molecule has 0 saturated heterocycles. The molecule has 1 aromatic heterocycles. The highest BCUT2D eigenvalue weighted by Gasteiger charge is 2.31. The van der Waals surface area contributed by atoms with E-state index in [0.29, 0.717) is 10.2 Å². The number of benzene rings is 2. The molecular formula is C19H13F3N2O6S. The van der Waals surface area contributed by atoms with Crippen molar-refractivity contribution in [2.24, 2.45) is 0 Å². The fourth-order valence-electron chi connectivity index (χ4n) is 2.51. The smallest absolute Gasteiger partial charge is 0.504 e. The maximum atomic E-state index is 12.3. The number of rotatable bonds is 6. The Labute approximate surface area is 175 Å². The standard InChI is InChI=1S/C19H13F3N2O6S/c20-19(21,22)30-11-2-3-12-15(8-11)31-18(23-12)24-16(27)7-10(17(28)29)5-9-1-4-13(25)14(26)6-9/h1-6,8,25-26H,7H2,(H,28,29)(H,23,24,27)/b10-5+. The summed E-state index contributed by atoms with van der Waals surface area (Å²) in [7, 11) is 0. The van der Waals surface area contributed by atoms with Gasteiger partial charge in [-0.2, -0.15) is 0 Å². The third-order valence-corrected chi connectivity index (χ3v) is 4.74. The van der Waals surface area contributed by atoms with E-state index in [1.807, 2.05) is 0 Å². The number of hydrogen-bond acceptors (Lipinski definition) is 7. The number of phenolic OH excluding ortho intramolecular Hbond substituents is 2. The average molecular weight is 454 g/mol. The van der Waals surface area contributed by atoms with E-state index in [0.717, 1.165) is 35.6 Å². The molecule has 3 rings (SSSR count). The number of aromatic nitrogens is 1. The fraction of sp³-hybridized carbons (Fsp3) is 0.105. The topological polar surface area (TPSA) is 129 Å². The van der Waals surface area contributed by atoms with E-state index in [1.54, 1.807) is 0 Å². The van der Waals surface area contributed by atoms with Crippen LogP contribution >= 0.6 is 11.3 Å². The maximum Gasteiger partial charge on any atom is 0.573 e. The highest BCUT2D eigenvalue weighted by molar-refractivity contribution is 7.22. The molecule has 0 aliphatic heterocycles. The van der Waals surface area contributed by atoms with Gasteiger partial charge >= 0.3 is 12.3 Å². The van der Waals surface area contributed by atoms with Gasteiger partial charge in [0, 0.05) is 11.6 Å². The van der Waals surface area contributed by atoms with Gasteiger partial charge in [-0.1, -0.05) is 17.4 Å². The zero-order valence-electron chi connectivity index (χ0n) is 15.3. The molecule has 162 valence electrons. The minimum atomic E-state index is -4.84. The second-order valence-corrected chi connectivity index (χ2v) is 7.17. The third-order valence-electron chi connectivity index (χ3n) is 3.81. The summed E-state index contributed by atoms with van der Waals surface area (Å²) in [4.78, 5) is 27.8. The largest absolute Gasteiger partial charge is 0.573 e. The van der Waals surface area contributed by atoms with E-state index in [4.69, 9.17) is 0 Å². The monoisotopic (exact) mass is 454 g/mol. The normalized spacial score (nSPS) is 12.0. The van der Waals surface area contributed by atoms with Crippen LogP contribution in [0.1, 0.15) is 12.0 Å². The number of phenols is 2. The molecule has 4 N–H and O–H groups in total. The molecule has 0 radical (unpaired) electrons. The lowest BCUT2D eigenvalue weighted by Gasteiger charge is -2.07. The van der Waals surface area contributed by atoms with Gasteiger partial charge in [-0.15, -0.1) is 13.2 Å². The van der Waals surface area contributed by atoms with E-state index < -0.39 is 36.2 Å². The van der Waals surface area contributed by atoms with Gasteiger partial charge in [0.05, 0.1) is 16.6 Å². The molecule has 2 aromatic carbocycles. The van der Waals surface area contributed by atoms with Gasteiger partial charge in [-0.25, -0.2) is 9.78 Å². The lowest BCUT2D eigenvalue weighted by Crippen LogP contribution is -2.16. The summed E-state index contributed by atoms with van der Waals surface area (Å²) in [6, 6.07) is 7.14. The quantitative estimate of drug-likeness (QED) is 0.326. The number of carboxylic acid groups (broad SMARTS) is 1. The van der Waals surface area contributed by atoms with Crippen LogP contribution < -0.4 is 10.1 Å². The van der Waals surface area contributed by atoms with Gasteiger partial charge in [0.25, 0.3) is 0 Å². The molecule has 0 bridgehead atoms. The first kappa shape index (κ1) is 21.9. The van der Waals surface area contributed by atoms with Gasteiger partial charge in [0.15, 0.2) is 16.6 Å². The van der Waals surface area contributed by atoms with Gasteiger partial charge in [0.1, 0.15) is 5.75 Å².